The summed E-state index contributed by atoms with van der Waals surface area (Å²) in [5.74, 6) is 0.598. The van der Waals surface area contributed by atoms with Crippen LogP contribution < -0.4 is 4.90 Å². The molecule has 2 aliphatic rings. The number of morpholine rings is 1. The molecule has 1 unspecified atom stereocenters. The average Bonchev–Trinajstić information content (AvgIpc) is 2.57. The molecule has 0 bridgehead atoms. The highest BCUT2D eigenvalue weighted by Gasteiger charge is 2.48. The van der Waals surface area contributed by atoms with Crippen LogP contribution in [0.5, 0.6) is 0 Å². The topological polar surface area (TPSA) is 72.4 Å². The van der Waals surface area contributed by atoms with Crippen LogP contribution >= 0.6 is 11.6 Å². The lowest BCUT2D eigenvalue weighted by Gasteiger charge is -2.35. The summed E-state index contributed by atoms with van der Waals surface area (Å²) in [6.45, 7) is 7.22. The quantitative estimate of drug-likeness (QED) is 0.726. The SMILES string of the molecule is CC1COCCN1c1nc(Cl)nc2c1CS(=O)(=O)C2(C)C. The highest BCUT2D eigenvalue weighted by Crippen LogP contribution is 2.44. The number of ether oxygens (including phenoxy) is 1. The first-order valence-corrected chi connectivity index (χ1v) is 8.90. The fraction of sp³-hybridized carbons (Fsp3) is 0.692. The first-order chi connectivity index (χ1) is 9.74. The van der Waals surface area contributed by atoms with Gasteiger partial charge in [0.05, 0.1) is 30.7 Å². The lowest BCUT2D eigenvalue weighted by atomic mass is 10.0. The molecule has 3 heterocycles. The Hall–Kier alpha value is -0.920. The molecule has 6 nitrogen and oxygen atoms in total. The maximum absolute atomic E-state index is 12.4. The summed E-state index contributed by atoms with van der Waals surface area (Å²) >= 11 is 6.04. The van der Waals surface area contributed by atoms with Gasteiger partial charge in [0.1, 0.15) is 10.6 Å². The molecule has 1 fully saturated rings. The number of nitrogens with zero attached hydrogens (tertiary/aromatic N) is 3. The van der Waals surface area contributed by atoms with Gasteiger partial charge in [-0.3, -0.25) is 0 Å². The Morgan fingerprint density at radius 2 is 2.10 bits per heavy atom. The summed E-state index contributed by atoms with van der Waals surface area (Å²) < 4.78 is 29.2. The van der Waals surface area contributed by atoms with Crippen molar-refractivity contribution < 1.29 is 13.2 Å². The number of hydrogen-bond donors (Lipinski definition) is 0. The molecule has 0 aromatic carbocycles. The van der Waals surface area contributed by atoms with E-state index < -0.39 is 14.6 Å². The first kappa shape index (κ1) is 15.0. The Kier molecular flexibility index (Phi) is 3.42. The Bertz CT molecular complexity index is 690. The second-order valence-corrected chi connectivity index (χ2v) is 8.91. The van der Waals surface area contributed by atoms with Crippen LogP contribution in [0, 0.1) is 0 Å². The van der Waals surface area contributed by atoms with E-state index in [1.54, 1.807) is 13.8 Å². The van der Waals surface area contributed by atoms with Crippen molar-refractivity contribution in [2.75, 3.05) is 24.7 Å². The van der Waals surface area contributed by atoms with Gasteiger partial charge < -0.3 is 9.64 Å². The summed E-state index contributed by atoms with van der Waals surface area (Å²) in [4.78, 5) is 10.6. The van der Waals surface area contributed by atoms with Crippen LogP contribution in [0.15, 0.2) is 0 Å². The average molecular weight is 332 g/mol. The van der Waals surface area contributed by atoms with Crippen molar-refractivity contribution in [1.29, 1.82) is 0 Å². The normalized spacial score (nSPS) is 26.7. The molecule has 1 atom stereocenters. The number of sulfone groups is 1. The minimum Gasteiger partial charge on any atom is -0.377 e. The Labute approximate surface area is 129 Å². The Morgan fingerprint density at radius 1 is 1.38 bits per heavy atom. The summed E-state index contributed by atoms with van der Waals surface area (Å²) in [5, 5.41) is 0.0904. The fourth-order valence-electron chi connectivity index (χ4n) is 2.87. The van der Waals surface area contributed by atoms with Gasteiger partial charge in [-0.1, -0.05) is 0 Å². The predicted molar refractivity (Wildman–Crippen MR) is 80.3 cm³/mol. The summed E-state index contributed by atoms with van der Waals surface area (Å²) in [7, 11) is -3.30. The number of rotatable bonds is 1. The van der Waals surface area contributed by atoms with Crippen molar-refractivity contribution in [2.24, 2.45) is 0 Å². The number of halogens is 1. The van der Waals surface area contributed by atoms with E-state index in [-0.39, 0.29) is 17.1 Å². The smallest absolute Gasteiger partial charge is 0.224 e. The molecule has 0 aliphatic carbocycles. The van der Waals surface area contributed by atoms with Gasteiger partial charge in [0, 0.05) is 12.1 Å². The third kappa shape index (κ3) is 2.22. The number of aromatic nitrogens is 2. The van der Waals surface area contributed by atoms with E-state index in [9.17, 15) is 8.42 Å². The molecule has 2 aliphatic heterocycles. The van der Waals surface area contributed by atoms with Gasteiger partial charge in [-0.05, 0) is 32.4 Å². The molecule has 1 aromatic heterocycles. The monoisotopic (exact) mass is 331 g/mol. The highest BCUT2D eigenvalue weighted by atomic mass is 35.5. The third-order valence-corrected chi connectivity index (χ3v) is 6.87. The van der Waals surface area contributed by atoms with Gasteiger partial charge in [-0.2, -0.15) is 0 Å². The van der Waals surface area contributed by atoms with Crippen molar-refractivity contribution >= 4 is 27.3 Å². The second kappa shape index (κ2) is 4.79. The minimum absolute atomic E-state index is 0.0358. The van der Waals surface area contributed by atoms with Crippen molar-refractivity contribution in [3.8, 4) is 0 Å². The molecule has 0 amide bonds. The van der Waals surface area contributed by atoms with Gasteiger partial charge >= 0.3 is 0 Å². The fourth-order valence-corrected chi connectivity index (χ4v) is 4.51. The third-order valence-electron chi connectivity index (χ3n) is 4.28. The second-order valence-electron chi connectivity index (χ2n) is 6.03. The summed E-state index contributed by atoms with van der Waals surface area (Å²) in [5.41, 5.74) is 1.20. The molecule has 1 saturated heterocycles. The molecule has 21 heavy (non-hydrogen) atoms. The van der Waals surface area contributed by atoms with Gasteiger partial charge in [-0.25, -0.2) is 18.4 Å². The summed E-state index contributed by atoms with van der Waals surface area (Å²) in [6, 6.07) is 0.125. The molecule has 1 aromatic rings. The van der Waals surface area contributed by atoms with Crippen LogP contribution in [-0.4, -0.2) is 44.2 Å². The van der Waals surface area contributed by atoms with Gasteiger partial charge in [0.25, 0.3) is 0 Å². The zero-order valence-electron chi connectivity index (χ0n) is 12.3. The van der Waals surface area contributed by atoms with Crippen LogP contribution in [0.3, 0.4) is 0 Å². The Balaban J connectivity index is 2.18. The minimum atomic E-state index is -3.30. The molecular formula is C13H18ClN3O3S. The maximum Gasteiger partial charge on any atom is 0.224 e. The van der Waals surface area contributed by atoms with Crippen LogP contribution in [-0.2, 0) is 25.1 Å². The van der Waals surface area contributed by atoms with E-state index >= 15 is 0 Å². The van der Waals surface area contributed by atoms with Crippen molar-refractivity contribution in [1.82, 2.24) is 9.97 Å². The first-order valence-electron chi connectivity index (χ1n) is 6.87. The number of anilines is 1. The van der Waals surface area contributed by atoms with E-state index in [4.69, 9.17) is 16.3 Å². The van der Waals surface area contributed by atoms with E-state index in [0.717, 1.165) is 0 Å². The van der Waals surface area contributed by atoms with Crippen LogP contribution in [0.2, 0.25) is 5.28 Å². The Morgan fingerprint density at radius 3 is 2.76 bits per heavy atom. The number of hydrogen-bond acceptors (Lipinski definition) is 6. The zero-order chi connectivity index (χ0) is 15.4. The van der Waals surface area contributed by atoms with Crippen molar-refractivity contribution in [2.45, 2.75) is 37.3 Å². The van der Waals surface area contributed by atoms with Crippen molar-refractivity contribution in [3.05, 3.63) is 16.5 Å². The van der Waals surface area contributed by atoms with E-state index in [1.165, 1.54) is 0 Å². The standard InChI is InChI=1S/C13H18ClN3O3S/c1-8-6-20-5-4-17(8)11-9-7-21(18,19)13(2,3)10(9)15-12(14)16-11/h8H,4-7H2,1-3H3. The molecule has 0 N–H and O–H groups in total. The molecule has 0 saturated carbocycles. The highest BCUT2D eigenvalue weighted by molar-refractivity contribution is 7.91. The molecule has 8 heteroatoms. The summed E-state index contributed by atoms with van der Waals surface area (Å²) in [6.07, 6.45) is 0. The predicted octanol–water partition coefficient (Wildman–Crippen LogP) is 1.52. The molecular weight excluding hydrogens is 314 g/mol. The van der Waals surface area contributed by atoms with Gasteiger partial charge in [-0.15, -0.1) is 0 Å². The van der Waals surface area contributed by atoms with Crippen LogP contribution in [0.4, 0.5) is 5.82 Å². The zero-order valence-corrected chi connectivity index (χ0v) is 13.8. The van der Waals surface area contributed by atoms with Gasteiger partial charge in [0.2, 0.25) is 5.28 Å². The molecule has 116 valence electrons. The lowest BCUT2D eigenvalue weighted by molar-refractivity contribution is 0.0984. The van der Waals surface area contributed by atoms with E-state index in [0.29, 0.717) is 36.8 Å². The van der Waals surface area contributed by atoms with Crippen LogP contribution in [0.25, 0.3) is 0 Å². The van der Waals surface area contributed by atoms with E-state index in [2.05, 4.69) is 14.9 Å². The molecule has 0 radical (unpaired) electrons. The molecule has 0 spiro atoms. The largest absolute Gasteiger partial charge is 0.377 e. The van der Waals surface area contributed by atoms with E-state index in [1.807, 2.05) is 6.92 Å². The maximum atomic E-state index is 12.4. The van der Waals surface area contributed by atoms with Crippen LogP contribution in [0.1, 0.15) is 32.0 Å². The molecule has 3 rings (SSSR count). The number of fused-ring (bicyclic) bond motifs is 1. The lowest BCUT2D eigenvalue weighted by Crippen LogP contribution is -2.44. The van der Waals surface area contributed by atoms with Crippen molar-refractivity contribution in [3.63, 3.8) is 0 Å². The van der Waals surface area contributed by atoms with Gasteiger partial charge in [0.15, 0.2) is 9.84 Å².